The molecule has 2 amide bonds. The highest BCUT2D eigenvalue weighted by atomic mass is 16.5. The van der Waals surface area contributed by atoms with Crippen molar-refractivity contribution in [2.24, 2.45) is 0 Å². The lowest BCUT2D eigenvalue weighted by Gasteiger charge is -2.32. The molecule has 6 heteroatoms. The van der Waals surface area contributed by atoms with E-state index in [4.69, 9.17) is 4.74 Å². The number of carbonyl (C=O) groups is 2. The van der Waals surface area contributed by atoms with E-state index in [2.05, 4.69) is 4.98 Å². The second kappa shape index (κ2) is 7.53. The van der Waals surface area contributed by atoms with Crippen LogP contribution in [0.4, 0.5) is 0 Å². The molecule has 1 aliphatic rings. The molecule has 1 saturated heterocycles. The van der Waals surface area contributed by atoms with Crippen molar-refractivity contribution >= 4 is 23.2 Å². The number of nitrogens with zero attached hydrogens (tertiary/aromatic N) is 2. The lowest BCUT2D eigenvalue weighted by atomic mass is 10.2. The highest BCUT2D eigenvalue weighted by molar-refractivity contribution is 5.98. The normalized spacial score (nSPS) is 14.4. The van der Waals surface area contributed by atoms with Crippen LogP contribution in [0.1, 0.15) is 16.1 Å². The molecule has 27 heavy (non-hydrogen) atoms. The first-order chi connectivity index (χ1) is 13.2. The van der Waals surface area contributed by atoms with Gasteiger partial charge in [-0.05, 0) is 23.8 Å². The quantitative estimate of drug-likeness (QED) is 0.709. The van der Waals surface area contributed by atoms with Crippen LogP contribution in [-0.2, 0) is 11.4 Å². The number of carbonyl (C=O) groups excluding carboxylic acids is 2. The van der Waals surface area contributed by atoms with Crippen molar-refractivity contribution < 1.29 is 14.3 Å². The van der Waals surface area contributed by atoms with Crippen molar-refractivity contribution in [2.75, 3.05) is 26.2 Å². The SMILES string of the molecule is O=CN1CCN(C(=O)c2cc3ccc(OCc4ccccc4)cc3[nH]2)CC1. The highest BCUT2D eigenvalue weighted by Gasteiger charge is 2.22. The van der Waals surface area contributed by atoms with Gasteiger partial charge in [-0.1, -0.05) is 30.3 Å². The maximum absolute atomic E-state index is 12.7. The van der Waals surface area contributed by atoms with E-state index < -0.39 is 0 Å². The summed E-state index contributed by atoms with van der Waals surface area (Å²) in [6, 6.07) is 17.6. The molecule has 0 unspecified atom stereocenters. The van der Waals surface area contributed by atoms with Gasteiger partial charge < -0.3 is 19.5 Å². The lowest BCUT2D eigenvalue weighted by molar-refractivity contribution is -0.119. The molecule has 4 rings (SSSR count). The van der Waals surface area contributed by atoms with Crippen molar-refractivity contribution in [2.45, 2.75) is 6.61 Å². The van der Waals surface area contributed by atoms with Gasteiger partial charge in [0.1, 0.15) is 18.1 Å². The van der Waals surface area contributed by atoms with E-state index in [1.165, 1.54) is 0 Å². The second-order valence-corrected chi connectivity index (χ2v) is 6.64. The van der Waals surface area contributed by atoms with Crippen molar-refractivity contribution in [3.8, 4) is 5.75 Å². The molecule has 0 radical (unpaired) electrons. The summed E-state index contributed by atoms with van der Waals surface area (Å²) < 4.78 is 5.86. The number of H-pyrrole nitrogens is 1. The Hall–Kier alpha value is -3.28. The van der Waals surface area contributed by atoms with E-state index in [-0.39, 0.29) is 5.91 Å². The van der Waals surface area contributed by atoms with Crippen LogP contribution in [0.2, 0.25) is 0 Å². The Kier molecular flexibility index (Phi) is 4.78. The first-order valence-corrected chi connectivity index (χ1v) is 9.01. The minimum Gasteiger partial charge on any atom is -0.489 e. The van der Waals surface area contributed by atoms with Crippen molar-refractivity contribution in [1.29, 1.82) is 0 Å². The molecule has 1 fully saturated rings. The third kappa shape index (κ3) is 3.79. The van der Waals surface area contributed by atoms with Crippen LogP contribution in [0.3, 0.4) is 0 Å². The van der Waals surface area contributed by atoms with Crippen LogP contribution in [0, 0.1) is 0 Å². The van der Waals surface area contributed by atoms with Gasteiger partial charge in [-0.3, -0.25) is 9.59 Å². The van der Waals surface area contributed by atoms with E-state index in [0.717, 1.165) is 28.6 Å². The fourth-order valence-electron chi connectivity index (χ4n) is 3.25. The number of hydrogen-bond acceptors (Lipinski definition) is 3. The Bertz CT molecular complexity index is 944. The standard InChI is InChI=1S/C21H21N3O3/c25-15-23-8-10-24(11-9-23)21(26)20-12-17-6-7-18(13-19(17)22-20)27-14-16-4-2-1-3-5-16/h1-7,12-13,15,22H,8-11,14H2. The zero-order valence-corrected chi connectivity index (χ0v) is 14.9. The van der Waals surface area contributed by atoms with Crippen LogP contribution >= 0.6 is 0 Å². The summed E-state index contributed by atoms with van der Waals surface area (Å²) in [5, 5.41) is 0.969. The summed E-state index contributed by atoms with van der Waals surface area (Å²) in [4.78, 5) is 30.2. The first-order valence-electron chi connectivity index (χ1n) is 9.01. The third-order valence-corrected chi connectivity index (χ3v) is 4.82. The molecule has 1 N–H and O–H groups in total. The molecule has 0 saturated carbocycles. The van der Waals surface area contributed by atoms with Crippen molar-refractivity contribution in [3.63, 3.8) is 0 Å². The minimum atomic E-state index is -0.0384. The molecule has 1 aromatic heterocycles. The summed E-state index contributed by atoms with van der Waals surface area (Å²) in [6.45, 7) is 2.76. The summed E-state index contributed by atoms with van der Waals surface area (Å²) in [5.41, 5.74) is 2.54. The molecular formula is C21H21N3O3. The molecule has 138 valence electrons. The van der Waals surface area contributed by atoms with Crippen LogP contribution in [0.5, 0.6) is 5.75 Å². The fourth-order valence-corrected chi connectivity index (χ4v) is 3.25. The molecular weight excluding hydrogens is 342 g/mol. The molecule has 0 aliphatic carbocycles. The number of rotatable bonds is 5. The van der Waals surface area contributed by atoms with E-state index in [1.807, 2.05) is 54.6 Å². The average Bonchev–Trinajstić information content (AvgIpc) is 3.16. The topological polar surface area (TPSA) is 65.6 Å². The lowest BCUT2D eigenvalue weighted by Crippen LogP contribution is -2.48. The van der Waals surface area contributed by atoms with Gasteiger partial charge in [-0.15, -0.1) is 0 Å². The van der Waals surface area contributed by atoms with E-state index in [1.54, 1.807) is 9.80 Å². The Balaban J connectivity index is 1.46. The number of ether oxygens (including phenoxy) is 1. The number of benzene rings is 2. The van der Waals surface area contributed by atoms with Gasteiger partial charge in [0.2, 0.25) is 6.41 Å². The summed E-state index contributed by atoms with van der Waals surface area (Å²) in [6.07, 6.45) is 0.835. The largest absolute Gasteiger partial charge is 0.489 e. The van der Waals surface area contributed by atoms with Gasteiger partial charge in [0.15, 0.2) is 0 Å². The maximum atomic E-state index is 12.7. The molecule has 0 bridgehead atoms. The zero-order valence-electron chi connectivity index (χ0n) is 14.9. The smallest absolute Gasteiger partial charge is 0.270 e. The van der Waals surface area contributed by atoms with Crippen molar-refractivity contribution in [3.05, 3.63) is 65.9 Å². The fraction of sp³-hybridized carbons (Fsp3) is 0.238. The predicted molar refractivity (Wildman–Crippen MR) is 103 cm³/mol. The number of amides is 2. The Morgan fingerprint density at radius 1 is 1.04 bits per heavy atom. The average molecular weight is 363 g/mol. The number of fused-ring (bicyclic) bond motifs is 1. The second-order valence-electron chi connectivity index (χ2n) is 6.64. The van der Waals surface area contributed by atoms with Gasteiger partial charge in [0.05, 0.1) is 0 Å². The van der Waals surface area contributed by atoms with Gasteiger partial charge in [-0.2, -0.15) is 0 Å². The van der Waals surface area contributed by atoms with Crippen LogP contribution in [-0.4, -0.2) is 53.3 Å². The monoisotopic (exact) mass is 363 g/mol. The molecule has 2 aromatic carbocycles. The molecule has 0 atom stereocenters. The van der Waals surface area contributed by atoms with E-state index >= 15 is 0 Å². The van der Waals surface area contributed by atoms with Crippen LogP contribution in [0.25, 0.3) is 10.9 Å². The molecule has 2 heterocycles. The number of piperazine rings is 1. The summed E-state index contributed by atoms with van der Waals surface area (Å²) in [5.74, 6) is 0.718. The van der Waals surface area contributed by atoms with Gasteiger partial charge >= 0.3 is 0 Å². The predicted octanol–water partition coefficient (Wildman–Crippen LogP) is 2.66. The third-order valence-electron chi connectivity index (χ3n) is 4.82. The Morgan fingerprint density at radius 2 is 1.81 bits per heavy atom. The van der Waals surface area contributed by atoms with Gasteiger partial charge in [-0.25, -0.2) is 0 Å². The maximum Gasteiger partial charge on any atom is 0.270 e. The minimum absolute atomic E-state index is 0.0384. The number of hydrogen-bond donors (Lipinski definition) is 1. The molecule has 6 nitrogen and oxygen atoms in total. The van der Waals surface area contributed by atoms with Gasteiger partial charge in [0.25, 0.3) is 5.91 Å². The molecule has 3 aromatic rings. The molecule has 1 aliphatic heterocycles. The number of nitrogens with one attached hydrogen (secondary N) is 1. The Labute approximate surface area is 157 Å². The van der Waals surface area contributed by atoms with Gasteiger partial charge in [0, 0.05) is 43.1 Å². The van der Waals surface area contributed by atoms with Crippen molar-refractivity contribution in [1.82, 2.24) is 14.8 Å². The zero-order chi connectivity index (χ0) is 18.6. The summed E-state index contributed by atoms with van der Waals surface area (Å²) in [7, 11) is 0. The van der Waals surface area contributed by atoms with E-state index in [9.17, 15) is 9.59 Å². The van der Waals surface area contributed by atoms with Crippen LogP contribution in [0.15, 0.2) is 54.6 Å². The van der Waals surface area contributed by atoms with Crippen LogP contribution < -0.4 is 4.74 Å². The Morgan fingerprint density at radius 3 is 2.56 bits per heavy atom. The first kappa shape index (κ1) is 17.1. The van der Waals surface area contributed by atoms with E-state index in [0.29, 0.717) is 38.5 Å². The summed E-state index contributed by atoms with van der Waals surface area (Å²) >= 11 is 0. The highest BCUT2D eigenvalue weighted by Crippen LogP contribution is 2.23. The number of aromatic amines is 1. The number of aromatic nitrogens is 1. The molecule has 0 spiro atoms.